The molecule has 0 aromatic heterocycles. The highest BCUT2D eigenvalue weighted by molar-refractivity contribution is 6.09. The topological polar surface area (TPSA) is 40.6 Å². The van der Waals surface area contributed by atoms with E-state index in [-0.39, 0.29) is 11.8 Å². The fraction of sp³-hybridized carbons (Fsp3) is 0.286. The smallest absolute Gasteiger partial charge is 0.258 e. The molecule has 0 saturated carbocycles. The third-order valence-electron chi connectivity index (χ3n) is 5.48. The molecule has 4 nitrogen and oxygen atoms in total. The number of para-hydroxylation sites is 2. The molecule has 0 bridgehead atoms. The van der Waals surface area contributed by atoms with Gasteiger partial charge in [-0.2, -0.15) is 0 Å². The molecule has 166 valence electrons. The van der Waals surface area contributed by atoms with Gasteiger partial charge in [0.25, 0.3) is 11.8 Å². The van der Waals surface area contributed by atoms with Gasteiger partial charge in [-0.1, -0.05) is 63.1 Å². The Morgan fingerprint density at radius 3 is 1.22 bits per heavy atom. The largest absolute Gasteiger partial charge is 0.308 e. The van der Waals surface area contributed by atoms with Crippen LogP contribution in [0.5, 0.6) is 0 Å². The van der Waals surface area contributed by atoms with Gasteiger partial charge in [-0.3, -0.25) is 9.59 Å². The monoisotopic (exact) mass is 428 g/mol. The summed E-state index contributed by atoms with van der Waals surface area (Å²) in [5.74, 6) is -0.0934. The summed E-state index contributed by atoms with van der Waals surface area (Å²) in [5, 5.41) is 0. The highest BCUT2D eigenvalue weighted by atomic mass is 16.2. The van der Waals surface area contributed by atoms with Crippen molar-refractivity contribution in [3.8, 4) is 0 Å². The van der Waals surface area contributed by atoms with Crippen LogP contribution in [-0.4, -0.2) is 24.9 Å². The molecule has 0 spiro atoms. The van der Waals surface area contributed by atoms with E-state index in [1.807, 2.05) is 70.5 Å². The summed E-state index contributed by atoms with van der Waals surface area (Å²) >= 11 is 0. The predicted octanol–water partition coefficient (Wildman–Crippen LogP) is 6.58. The molecular weight excluding hydrogens is 396 g/mol. The summed E-state index contributed by atoms with van der Waals surface area (Å²) in [6, 6.07) is 26.5. The van der Waals surface area contributed by atoms with Crippen molar-refractivity contribution in [3.63, 3.8) is 0 Å². The zero-order valence-corrected chi connectivity index (χ0v) is 19.0. The summed E-state index contributed by atoms with van der Waals surface area (Å²) in [7, 11) is 0. The number of carbonyl (C=O) groups excluding carboxylic acids is 2. The van der Waals surface area contributed by atoms with Crippen LogP contribution in [0.1, 0.15) is 60.2 Å². The first-order valence-electron chi connectivity index (χ1n) is 11.5. The summed E-state index contributed by atoms with van der Waals surface area (Å²) < 4.78 is 0. The summed E-state index contributed by atoms with van der Waals surface area (Å²) in [5.41, 5.74) is 2.95. The van der Waals surface area contributed by atoms with Crippen molar-refractivity contribution in [1.29, 1.82) is 0 Å². The fourth-order valence-electron chi connectivity index (χ4n) is 3.61. The molecule has 4 heteroatoms. The van der Waals surface area contributed by atoms with Crippen molar-refractivity contribution in [2.45, 2.75) is 39.5 Å². The molecule has 0 radical (unpaired) electrons. The minimum Gasteiger partial charge on any atom is -0.308 e. The number of unbranched alkanes of at least 4 members (excludes halogenated alkanes) is 2. The van der Waals surface area contributed by atoms with Crippen molar-refractivity contribution < 1.29 is 9.59 Å². The number of amides is 2. The summed E-state index contributed by atoms with van der Waals surface area (Å²) in [6.45, 7) is 5.56. The lowest BCUT2D eigenvalue weighted by atomic mass is 10.1. The SMILES string of the molecule is CCCCN(C(=O)c1ccc(C(=O)N(CCCC)c2ccccc2)cc1)c1ccccc1. The second-order valence-corrected chi connectivity index (χ2v) is 7.87. The first-order chi connectivity index (χ1) is 15.7. The number of carbonyl (C=O) groups is 2. The number of benzene rings is 3. The Morgan fingerprint density at radius 1 is 0.562 bits per heavy atom. The average Bonchev–Trinajstić information content (AvgIpc) is 2.85. The van der Waals surface area contributed by atoms with Crippen molar-refractivity contribution >= 4 is 23.2 Å². The van der Waals surface area contributed by atoms with Gasteiger partial charge >= 0.3 is 0 Å². The van der Waals surface area contributed by atoms with E-state index in [1.54, 1.807) is 24.3 Å². The Hall–Kier alpha value is -3.40. The first kappa shape index (κ1) is 23.3. The van der Waals surface area contributed by atoms with Gasteiger partial charge in [0.1, 0.15) is 0 Å². The second kappa shape index (κ2) is 11.8. The van der Waals surface area contributed by atoms with Crippen LogP contribution in [0.4, 0.5) is 11.4 Å². The fourth-order valence-corrected chi connectivity index (χ4v) is 3.61. The van der Waals surface area contributed by atoms with Crippen LogP contribution in [0, 0.1) is 0 Å². The zero-order chi connectivity index (χ0) is 22.8. The van der Waals surface area contributed by atoms with Crippen molar-refractivity contribution in [2.75, 3.05) is 22.9 Å². The van der Waals surface area contributed by atoms with Crippen LogP contribution < -0.4 is 9.80 Å². The molecule has 0 saturated heterocycles. The van der Waals surface area contributed by atoms with Gasteiger partial charge in [0, 0.05) is 35.6 Å². The van der Waals surface area contributed by atoms with Gasteiger partial charge in [-0.05, 0) is 61.4 Å². The molecule has 0 aliphatic heterocycles. The lowest BCUT2D eigenvalue weighted by Gasteiger charge is -2.24. The normalized spacial score (nSPS) is 10.6. The van der Waals surface area contributed by atoms with Crippen LogP contribution in [0.25, 0.3) is 0 Å². The number of rotatable bonds is 10. The third-order valence-corrected chi connectivity index (χ3v) is 5.48. The average molecular weight is 429 g/mol. The van der Waals surface area contributed by atoms with Crippen LogP contribution in [0.15, 0.2) is 84.9 Å². The first-order valence-corrected chi connectivity index (χ1v) is 11.5. The van der Waals surface area contributed by atoms with Crippen molar-refractivity contribution in [3.05, 3.63) is 96.1 Å². The maximum Gasteiger partial charge on any atom is 0.258 e. The molecule has 0 aliphatic carbocycles. The number of anilines is 2. The van der Waals surface area contributed by atoms with E-state index >= 15 is 0 Å². The van der Waals surface area contributed by atoms with Crippen LogP contribution in [-0.2, 0) is 0 Å². The molecule has 0 N–H and O–H groups in total. The van der Waals surface area contributed by atoms with E-state index < -0.39 is 0 Å². The Kier molecular flexibility index (Phi) is 8.61. The van der Waals surface area contributed by atoms with Gasteiger partial charge in [0.15, 0.2) is 0 Å². The van der Waals surface area contributed by atoms with E-state index in [0.717, 1.165) is 37.1 Å². The molecule has 0 heterocycles. The Labute approximate surface area is 191 Å². The standard InChI is InChI=1S/C28H32N2O2/c1-3-5-21-29(25-13-9-7-10-14-25)27(31)23-17-19-24(20-18-23)28(32)30(22-6-4-2)26-15-11-8-12-16-26/h7-20H,3-6,21-22H2,1-2H3. The molecule has 0 fully saturated rings. The maximum absolute atomic E-state index is 13.3. The van der Waals surface area contributed by atoms with Gasteiger partial charge < -0.3 is 9.80 Å². The molecule has 0 atom stereocenters. The Bertz CT molecular complexity index is 902. The molecule has 0 aliphatic rings. The molecular formula is C28H32N2O2. The Morgan fingerprint density at radius 2 is 0.906 bits per heavy atom. The molecule has 3 rings (SSSR count). The number of hydrogen-bond donors (Lipinski definition) is 0. The third kappa shape index (κ3) is 5.85. The van der Waals surface area contributed by atoms with Crippen LogP contribution in [0.2, 0.25) is 0 Å². The second-order valence-electron chi connectivity index (χ2n) is 7.87. The quantitative estimate of drug-likeness (QED) is 0.366. The van der Waals surface area contributed by atoms with Crippen molar-refractivity contribution in [2.24, 2.45) is 0 Å². The molecule has 2 amide bonds. The van der Waals surface area contributed by atoms with E-state index in [0.29, 0.717) is 24.2 Å². The minimum absolute atomic E-state index is 0.0467. The van der Waals surface area contributed by atoms with E-state index in [9.17, 15) is 9.59 Å². The Balaban J connectivity index is 1.81. The molecule has 3 aromatic rings. The summed E-state index contributed by atoms with van der Waals surface area (Å²) in [6.07, 6.45) is 3.88. The number of nitrogens with zero attached hydrogens (tertiary/aromatic N) is 2. The van der Waals surface area contributed by atoms with E-state index in [2.05, 4.69) is 13.8 Å². The lowest BCUT2D eigenvalue weighted by Crippen LogP contribution is -2.33. The molecule has 3 aromatic carbocycles. The molecule has 32 heavy (non-hydrogen) atoms. The van der Waals surface area contributed by atoms with Gasteiger partial charge in [-0.25, -0.2) is 0 Å². The minimum atomic E-state index is -0.0467. The van der Waals surface area contributed by atoms with E-state index in [1.165, 1.54) is 0 Å². The van der Waals surface area contributed by atoms with E-state index in [4.69, 9.17) is 0 Å². The van der Waals surface area contributed by atoms with Crippen LogP contribution >= 0.6 is 0 Å². The van der Waals surface area contributed by atoms with Crippen molar-refractivity contribution in [1.82, 2.24) is 0 Å². The highest BCUT2D eigenvalue weighted by Crippen LogP contribution is 2.21. The van der Waals surface area contributed by atoms with Crippen LogP contribution in [0.3, 0.4) is 0 Å². The number of hydrogen-bond acceptors (Lipinski definition) is 2. The summed E-state index contributed by atoms with van der Waals surface area (Å²) in [4.78, 5) is 30.2. The van der Waals surface area contributed by atoms with Gasteiger partial charge in [-0.15, -0.1) is 0 Å². The van der Waals surface area contributed by atoms with Gasteiger partial charge in [0.05, 0.1) is 0 Å². The maximum atomic E-state index is 13.3. The zero-order valence-electron chi connectivity index (χ0n) is 19.0. The lowest BCUT2D eigenvalue weighted by molar-refractivity contribution is 0.0975. The predicted molar refractivity (Wildman–Crippen MR) is 132 cm³/mol. The van der Waals surface area contributed by atoms with Gasteiger partial charge in [0.2, 0.25) is 0 Å². The highest BCUT2D eigenvalue weighted by Gasteiger charge is 2.20. The molecule has 0 unspecified atom stereocenters.